The van der Waals surface area contributed by atoms with Crippen LogP contribution >= 0.6 is 0 Å². The lowest BCUT2D eigenvalue weighted by Gasteiger charge is -2.15. The molecule has 0 aliphatic carbocycles. The molecule has 134 valence electrons. The first kappa shape index (κ1) is 18.6. The van der Waals surface area contributed by atoms with E-state index in [1.165, 1.54) is 18.5 Å². The average molecular weight is 355 g/mol. The van der Waals surface area contributed by atoms with E-state index in [0.29, 0.717) is 5.76 Å². The van der Waals surface area contributed by atoms with Crippen LogP contribution in [0.25, 0.3) is 0 Å². The fraction of sp³-hybridized carbons (Fsp3) is 0.118. The van der Waals surface area contributed by atoms with Crippen LogP contribution in [0.4, 0.5) is 5.82 Å². The van der Waals surface area contributed by atoms with Crippen molar-refractivity contribution in [2.45, 2.75) is 12.5 Å². The summed E-state index contributed by atoms with van der Waals surface area (Å²) in [6.45, 7) is 0. The Morgan fingerprint density at radius 1 is 1.27 bits per heavy atom. The van der Waals surface area contributed by atoms with Crippen LogP contribution in [0.1, 0.15) is 5.76 Å². The molecule has 0 saturated heterocycles. The second-order valence-electron chi connectivity index (χ2n) is 5.08. The Labute approximate surface area is 148 Å². The highest BCUT2D eigenvalue weighted by molar-refractivity contribution is 6.45. The van der Waals surface area contributed by atoms with Gasteiger partial charge in [-0.25, -0.2) is 9.98 Å². The maximum absolute atomic E-state index is 12.5. The number of furan rings is 1. The normalized spacial score (nSPS) is 12.7. The van der Waals surface area contributed by atoms with Gasteiger partial charge in [0.15, 0.2) is 5.82 Å². The number of pyridine rings is 1. The minimum Gasteiger partial charge on any atom is -0.469 e. The Kier molecular flexibility index (Phi) is 6.38. The number of ketones is 1. The molecule has 0 aromatic carbocycles. The second kappa shape index (κ2) is 8.92. The number of amides is 2. The van der Waals surface area contributed by atoms with Crippen molar-refractivity contribution in [3.05, 3.63) is 60.8 Å². The van der Waals surface area contributed by atoms with Crippen LogP contribution in [0, 0.1) is 0 Å². The molecule has 0 fully saturated rings. The molecule has 5 N–H and O–H groups in total. The maximum atomic E-state index is 12.5. The van der Waals surface area contributed by atoms with Gasteiger partial charge in [0.2, 0.25) is 5.78 Å². The van der Waals surface area contributed by atoms with E-state index >= 15 is 0 Å². The molecule has 2 rings (SSSR count). The number of nitrogens with one attached hydrogen (secondary N) is 1. The quantitative estimate of drug-likeness (QED) is 0.447. The highest BCUT2D eigenvalue weighted by atomic mass is 16.3. The van der Waals surface area contributed by atoms with E-state index in [0.717, 1.165) is 6.20 Å². The molecule has 2 amide bonds. The summed E-state index contributed by atoms with van der Waals surface area (Å²) in [7, 11) is 0. The Bertz CT molecular complexity index is 828. The molecule has 26 heavy (non-hydrogen) atoms. The summed E-state index contributed by atoms with van der Waals surface area (Å²) in [4.78, 5) is 43.8. The molecule has 1 atom stereocenters. The predicted molar refractivity (Wildman–Crippen MR) is 93.2 cm³/mol. The third kappa shape index (κ3) is 5.13. The van der Waals surface area contributed by atoms with Gasteiger partial charge in [0.05, 0.1) is 6.26 Å². The Hall–Kier alpha value is -3.75. The molecule has 2 aromatic rings. The summed E-state index contributed by atoms with van der Waals surface area (Å²) in [5.41, 5.74) is 10.3. The molecule has 1 unspecified atom stereocenters. The molecule has 0 aliphatic rings. The summed E-state index contributed by atoms with van der Waals surface area (Å²) in [6, 6.07) is 7.01. The number of nitrogens with two attached hydrogens (primary N) is 2. The SMILES string of the molecule is N/C=C\C(=N\c1ccccn1)C(=O)NC(Cc1ccco1)C(=O)C(N)=O. The van der Waals surface area contributed by atoms with E-state index in [-0.39, 0.29) is 18.0 Å². The number of hydrogen-bond acceptors (Lipinski definition) is 7. The van der Waals surface area contributed by atoms with Crippen LogP contribution in [-0.2, 0) is 20.8 Å². The summed E-state index contributed by atoms with van der Waals surface area (Å²) < 4.78 is 5.15. The van der Waals surface area contributed by atoms with Crippen molar-refractivity contribution in [2.24, 2.45) is 16.5 Å². The summed E-state index contributed by atoms with van der Waals surface area (Å²) in [6.07, 6.45) is 5.26. The van der Waals surface area contributed by atoms with Crippen molar-refractivity contribution in [2.75, 3.05) is 0 Å². The van der Waals surface area contributed by atoms with E-state index in [1.807, 2.05) is 0 Å². The van der Waals surface area contributed by atoms with Crippen LogP contribution in [0.2, 0.25) is 0 Å². The molecule has 0 radical (unpaired) electrons. The van der Waals surface area contributed by atoms with Crippen molar-refractivity contribution in [3.8, 4) is 0 Å². The fourth-order valence-electron chi connectivity index (χ4n) is 2.04. The molecule has 0 aliphatic heterocycles. The largest absolute Gasteiger partial charge is 0.469 e. The first-order chi connectivity index (χ1) is 12.5. The van der Waals surface area contributed by atoms with E-state index in [1.54, 1.807) is 30.3 Å². The van der Waals surface area contributed by atoms with Crippen molar-refractivity contribution in [3.63, 3.8) is 0 Å². The minimum atomic E-state index is -1.20. The van der Waals surface area contributed by atoms with Crippen molar-refractivity contribution < 1.29 is 18.8 Å². The van der Waals surface area contributed by atoms with Gasteiger partial charge in [0, 0.05) is 12.6 Å². The van der Waals surface area contributed by atoms with E-state index in [9.17, 15) is 14.4 Å². The molecule has 9 heteroatoms. The van der Waals surface area contributed by atoms with Crippen molar-refractivity contribution in [1.29, 1.82) is 0 Å². The van der Waals surface area contributed by atoms with Gasteiger partial charge in [0.1, 0.15) is 17.5 Å². The van der Waals surface area contributed by atoms with Crippen LogP contribution in [0.15, 0.2) is 64.5 Å². The number of hydrogen-bond donors (Lipinski definition) is 3. The zero-order valence-electron chi connectivity index (χ0n) is 13.7. The average Bonchev–Trinajstić information content (AvgIpc) is 3.14. The van der Waals surface area contributed by atoms with Gasteiger partial charge >= 0.3 is 0 Å². The Morgan fingerprint density at radius 3 is 2.65 bits per heavy atom. The van der Waals surface area contributed by atoms with E-state index in [4.69, 9.17) is 15.9 Å². The number of rotatable bonds is 8. The van der Waals surface area contributed by atoms with Gasteiger partial charge < -0.3 is 21.2 Å². The number of aliphatic imine (C=N–C) groups is 1. The zero-order chi connectivity index (χ0) is 18.9. The molecule has 0 saturated carbocycles. The van der Waals surface area contributed by atoms with Gasteiger partial charge in [-0.15, -0.1) is 0 Å². The number of Topliss-reactive ketones (excluding diaryl/α,β-unsaturated/α-hetero) is 1. The summed E-state index contributed by atoms with van der Waals surface area (Å²) >= 11 is 0. The maximum Gasteiger partial charge on any atom is 0.287 e. The number of carbonyl (C=O) groups excluding carboxylic acids is 3. The molecule has 0 bridgehead atoms. The number of aromatic nitrogens is 1. The van der Waals surface area contributed by atoms with Gasteiger partial charge in [-0.2, -0.15) is 0 Å². The van der Waals surface area contributed by atoms with E-state index < -0.39 is 23.6 Å². The monoisotopic (exact) mass is 355 g/mol. The van der Waals surface area contributed by atoms with E-state index in [2.05, 4.69) is 15.3 Å². The molecule has 0 spiro atoms. The fourth-order valence-corrected chi connectivity index (χ4v) is 2.04. The lowest BCUT2D eigenvalue weighted by atomic mass is 10.1. The molecule has 2 heterocycles. The number of nitrogens with zero attached hydrogens (tertiary/aromatic N) is 2. The highest BCUT2D eigenvalue weighted by Gasteiger charge is 2.27. The van der Waals surface area contributed by atoms with Gasteiger partial charge in [-0.3, -0.25) is 14.4 Å². The van der Waals surface area contributed by atoms with Crippen LogP contribution in [-0.4, -0.2) is 34.3 Å². The summed E-state index contributed by atoms with van der Waals surface area (Å²) in [5, 5.41) is 2.43. The number of carbonyl (C=O) groups is 3. The van der Waals surface area contributed by atoms with Gasteiger partial charge in [0.25, 0.3) is 11.8 Å². The second-order valence-corrected chi connectivity index (χ2v) is 5.08. The first-order valence-electron chi connectivity index (χ1n) is 7.56. The lowest BCUT2D eigenvalue weighted by molar-refractivity contribution is -0.137. The topological polar surface area (TPSA) is 154 Å². The molecular weight excluding hydrogens is 338 g/mol. The first-order valence-corrected chi connectivity index (χ1v) is 7.56. The minimum absolute atomic E-state index is 0.0380. The predicted octanol–water partition coefficient (Wildman–Crippen LogP) is 0.00140. The van der Waals surface area contributed by atoms with Crippen LogP contribution in [0.3, 0.4) is 0 Å². The smallest absolute Gasteiger partial charge is 0.287 e. The molecule has 2 aromatic heterocycles. The van der Waals surface area contributed by atoms with Crippen LogP contribution < -0.4 is 16.8 Å². The third-order valence-electron chi connectivity index (χ3n) is 3.22. The molecule has 9 nitrogen and oxygen atoms in total. The lowest BCUT2D eigenvalue weighted by Crippen LogP contribution is -2.49. The summed E-state index contributed by atoms with van der Waals surface area (Å²) in [5.74, 6) is -2.16. The highest BCUT2D eigenvalue weighted by Crippen LogP contribution is 2.08. The van der Waals surface area contributed by atoms with Crippen molar-refractivity contribution >= 4 is 29.1 Å². The third-order valence-corrected chi connectivity index (χ3v) is 3.22. The molecular formula is C17H17N5O4. The Balaban J connectivity index is 2.23. The van der Waals surface area contributed by atoms with Crippen molar-refractivity contribution in [1.82, 2.24) is 10.3 Å². The standard InChI is InChI=1S/C17H17N5O4/c18-7-6-12(21-14-5-1-2-8-20-14)17(25)22-13(15(23)16(19)24)10-11-4-3-9-26-11/h1-9,13H,10,18H2,(H2,19,24)(H,22,25)/b7-6-,21-12-. The Morgan fingerprint density at radius 2 is 2.08 bits per heavy atom. The zero-order valence-corrected chi connectivity index (χ0v) is 13.7. The number of primary amides is 1. The van der Waals surface area contributed by atoms with Gasteiger partial charge in [-0.05, 0) is 36.5 Å². The van der Waals surface area contributed by atoms with Gasteiger partial charge in [-0.1, -0.05) is 6.07 Å². The van der Waals surface area contributed by atoms with Crippen LogP contribution in [0.5, 0.6) is 0 Å².